The molecule has 2 aromatic carbocycles. The molecule has 0 bridgehead atoms. The second-order valence-corrected chi connectivity index (χ2v) is 5.28. The average molecular weight is 267 g/mol. The van der Waals surface area contributed by atoms with Crippen LogP contribution < -0.4 is 10.1 Å². The molecule has 3 rings (SSSR count). The van der Waals surface area contributed by atoms with E-state index in [-0.39, 0.29) is 0 Å². The zero-order valence-electron chi connectivity index (χ0n) is 11.8. The van der Waals surface area contributed by atoms with Gasteiger partial charge in [0.1, 0.15) is 5.75 Å². The molecule has 0 aromatic heterocycles. The summed E-state index contributed by atoms with van der Waals surface area (Å²) in [6.45, 7) is 1.70. The fourth-order valence-electron chi connectivity index (χ4n) is 2.69. The SMILES string of the molecule is c1ccc(OCCCNc2ccc3c(c2)CCC3)cc1. The van der Waals surface area contributed by atoms with Crippen LogP contribution in [0.5, 0.6) is 5.75 Å². The summed E-state index contributed by atoms with van der Waals surface area (Å²) in [5, 5.41) is 3.48. The molecule has 0 unspecified atom stereocenters. The van der Waals surface area contributed by atoms with E-state index in [9.17, 15) is 0 Å². The van der Waals surface area contributed by atoms with Gasteiger partial charge in [-0.3, -0.25) is 0 Å². The number of ether oxygens (including phenoxy) is 1. The third-order valence-electron chi connectivity index (χ3n) is 3.76. The number of anilines is 1. The zero-order chi connectivity index (χ0) is 13.6. The van der Waals surface area contributed by atoms with Crippen molar-refractivity contribution in [3.8, 4) is 5.75 Å². The monoisotopic (exact) mass is 267 g/mol. The van der Waals surface area contributed by atoms with Crippen LogP contribution in [0.15, 0.2) is 48.5 Å². The number of hydrogen-bond donors (Lipinski definition) is 1. The van der Waals surface area contributed by atoms with E-state index in [1.807, 2.05) is 30.3 Å². The molecule has 0 radical (unpaired) electrons. The molecule has 0 saturated heterocycles. The molecule has 0 atom stereocenters. The van der Waals surface area contributed by atoms with Gasteiger partial charge in [0.25, 0.3) is 0 Å². The number of hydrogen-bond acceptors (Lipinski definition) is 2. The number of nitrogens with one attached hydrogen (secondary N) is 1. The second-order valence-electron chi connectivity index (χ2n) is 5.28. The summed E-state index contributed by atoms with van der Waals surface area (Å²) in [6.07, 6.45) is 4.80. The van der Waals surface area contributed by atoms with Gasteiger partial charge in [-0.2, -0.15) is 0 Å². The summed E-state index contributed by atoms with van der Waals surface area (Å²) in [4.78, 5) is 0. The van der Waals surface area contributed by atoms with Crippen molar-refractivity contribution in [2.24, 2.45) is 0 Å². The maximum absolute atomic E-state index is 5.68. The molecule has 2 aromatic rings. The maximum atomic E-state index is 5.68. The van der Waals surface area contributed by atoms with Crippen molar-refractivity contribution >= 4 is 5.69 Å². The predicted molar refractivity (Wildman–Crippen MR) is 83.5 cm³/mol. The van der Waals surface area contributed by atoms with Gasteiger partial charge >= 0.3 is 0 Å². The van der Waals surface area contributed by atoms with Gasteiger partial charge in [-0.25, -0.2) is 0 Å². The molecule has 0 aliphatic heterocycles. The number of aryl methyl sites for hydroxylation is 2. The molecule has 0 spiro atoms. The minimum Gasteiger partial charge on any atom is -0.494 e. The molecule has 0 heterocycles. The van der Waals surface area contributed by atoms with Crippen LogP contribution in [0.3, 0.4) is 0 Å². The van der Waals surface area contributed by atoms with E-state index in [1.165, 1.54) is 36.1 Å². The molecule has 104 valence electrons. The van der Waals surface area contributed by atoms with E-state index in [1.54, 1.807) is 0 Å². The smallest absolute Gasteiger partial charge is 0.119 e. The van der Waals surface area contributed by atoms with Crippen LogP contribution in [-0.2, 0) is 12.8 Å². The topological polar surface area (TPSA) is 21.3 Å². The van der Waals surface area contributed by atoms with Gasteiger partial charge in [-0.1, -0.05) is 24.3 Å². The highest BCUT2D eigenvalue weighted by atomic mass is 16.5. The Morgan fingerprint density at radius 2 is 1.80 bits per heavy atom. The highest BCUT2D eigenvalue weighted by Crippen LogP contribution is 2.24. The molecule has 1 N–H and O–H groups in total. The van der Waals surface area contributed by atoms with Crippen molar-refractivity contribution in [1.82, 2.24) is 0 Å². The minimum absolute atomic E-state index is 0.752. The minimum atomic E-state index is 0.752. The molecule has 1 aliphatic rings. The van der Waals surface area contributed by atoms with Crippen molar-refractivity contribution in [2.45, 2.75) is 25.7 Å². The van der Waals surface area contributed by atoms with Crippen LogP contribution >= 0.6 is 0 Å². The zero-order valence-corrected chi connectivity index (χ0v) is 11.8. The van der Waals surface area contributed by atoms with Gasteiger partial charge in [-0.05, 0) is 61.1 Å². The molecule has 2 heteroatoms. The number of fused-ring (bicyclic) bond motifs is 1. The lowest BCUT2D eigenvalue weighted by Gasteiger charge is -2.09. The average Bonchev–Trinajstić information content (AvgIpc) is 2.95. The van der Waals surface area contributed by atoms with Crippen molar-refractivity contribution in [3.63, 3.8) is 0 Å². The highest BCUT2D eigenvalue weighted by Gasteiger charge is 2.10. The van der Waals surface area contributed by atoms with Crippen LogP contribution in [0, 0.1) is 0 Å². The summed E-state index contributed by atoms with van der Waals surface area (Å²) >= 11 is 0. The number of rotatable bonds is 6. The van der Waals surface area contributed by atoms with Gasteiger partial charge < -0.3 is 10.1 Å². The summed E-state index contributed by atoms with van der Waals surface area (Å²) in [7, 11) is 0. The molecular formula is C18H21NO. The Morgan fingerprint density at radius 3 is 2.70 bits per heavy atom. The van der Waals surface area contributed by atoms with Crippen LogP contribution in [0.1, 0.15) is 24.0 Å². The van der Waals surface area contributed by atoms with E-state index < -0.39 is 0 Å². The molecule has 20 heavy (non-hydrogen) atoms. The van der Waals surface area contributed by atoms with Crippen LogP contribution in [0.2, 0.25) is 0 Å². The Labute approximate surface area is 120 Å². The molecule has 2 nitrogen and oxygen atoms in total. The summed E-state index contributed by atoms with van der Waals surface area (Å²) < 4.78 is 5.68. The van der Waals surface area contributed by atoms with Crippen molar-refractivity contribution in [3.05, 3.63) is 59.7 Å². The Kier molecular flexibility index (Phi) is 4.22. The first-order valence-electron chi connectivity index (χ1n) is 7.45. The van der Waals surface area contributed by atoms with E-state index in [2.05, 4.69) is 23.5 Å². The Hall–Kier alpha value is -1.96. The molecule has 0 fully saturated rings. The van der Waals surface area contributed by atoms with Crippen LogP contribution in [-0.4, -0.2) is 13.2 Å². The summed E-state index contributed by atoms with van der Waals surface area (Å²) in [6, 6.07) is 16.8. The Bertz CT molecular complexity index is 551. The number of para-hydroxylation sites is 1. The summed E-state index contributed by atoms with van der Waals surface area (Å²) in [5.74, 6) is 0.949. The highest BCUT2D eigenvalue weighted by molar-refractivity contribution is 5.50. The first kappa shape index (κ1) is 13.0. The van der Waals surface area contributed by atoms with E-state index in [0.717, 1.165) is 25.3 Å². The normalized spacial score (nSPS) is 13.0. The molecule has 0 saturated carbocycles. The van der Waals surface area contributed by atoms with Gasteiger partial charge in [-0.15, -0.1) is 0 Å². The van der Waals surface area contributed by atoms with Crippen molar-refractivity contribution in [2.75, 3.05) is 18.5 Å². The van der Waals surface area contributed by atoms with Crippen LogP contribution in [0.25, 0.3) is 0 Å². The fraction of sp³-hybridized carbons (Fsp3) is 0.333. The first-order chi connectivity index (χ1) is 9.92. The fourth-order valence-corrected chi connectivity index (χ4v) is 2.69. The van der Waals surface area contributed by atoms with Crippen molar-refractivity contribution < 1.29 is 4.74 Å². The maximum Gasteiger partial charge on any atom is 0.119 e. The number of benzene rings is 2. The second kappa shape index (κ2) is 6.47. The molecule has 1 aliphatic carbocycles. The van der Waals surface area contributed by atoms with Gasteiger partial charge in [0, 0.05) is 12.2 Å². The predicted octanol–water partition coefficient (Wildman–Crippen LogP) is 4.06. The molecule has 0 amide bonds. The Balaban J connectivity index is 1.40. The van der Waals surface area contributed by atoms with Gasteiger partial charge in [0.2, 0.25) is 0 Å². The Morgan fingerprint density at radius 1 is 0.950 bits per heavy atom. The molecular weight excluding hydrogens is 246 g/mol. The van der Waals surface area contributed by atoms with Gasteiger partial charge in [0.15, 0.2) is 0 Å². The van der Waals surface area contributed by atoms with E-state index in [4.69, 9.17) is 4.74 Å². The first-order valence-corrected chi connectivity index (χ1v) is 7.45. The van der Waals surface area contributed by atoms with Crippen molar-refractivity contribution in [1.29, 1.82) is 0 Å². The summed E-state index contributed by atoms with van der Waals surface area (Å²) in [5.41, 5.74) is 4.30. The quantitative estimate of drug-likeness (QED) is 0.797. The van der Waals surface area contributed by atoms with Crippen LogP contribution in [0.4, 0.5) is 5.69 Å². The third-order valence-corrected chi connectivity index (χ3v) is 3.76. The lowest BCUT2D eigenvalue weighted by atomic mass is 10.1. The third kappa shape index (κ3) is 3.32. The lowest BCUT2D eigenvalue weighted by molar-refractivity contribution is 0.315. The van der Waals surface area contributed by atoms with E-state index in [0.29, 0.717) is 0 Å². The largest absolute Gasteiger partial charge is 0.494 e. The van der Waals surface area contributed by atoms with E-state index >= 15 is 0 Å². The lowest BCUT2D eigenvalue weighted by Crippen LogP contribution is -2.07. The standard InChI is InChI=1S/C18H21NO/c1-2-8-18(9-3-1)20-13-5-12-19-17-11-10-15-6-4-7-16(15)14-17/h1-3,8-11,14,19H,4-7,12-13H2. The van der Waals surface area contributed by atoms with Gasteiger partial charge in [0.05, 0.1) is 6.61 Å².